The molecule has 0 aliphatic heterocycles. The summed E-state index contributed by atoms with van der Waals surface area (Å²) in [6.45, 7) is 4.31. The summed E-state index contributed by atoms with van der Waals surface area (Å²) in [6.07, 6.45) is 0.405. The molecule has 0 spiro atoms. The molecule has 0 N–H and O–H groups in total. The minimum absolute atomic E-state index is 0.119. The summed E-state index contributed by atoms with van der Waals surface area (Å²) >= 11 is 0. The first kappa shape index (κ1) is 10.9. The van der Waals surface area contributed by atoms with Gasteiger partial charge in [-0.15, -0.1) is 0 Å². The molecule has 0 saturated heterocycles. The number of carbonyl (C=O) groups is 2. The standard InChI is InChI=1S/C6H8O5P/c1-5(2)6(8)11-12(9)10-4-3-7/h3H,1,4H2,2H3. The van der Waals surface area contributed by atoms with Crippen LogP contribution in [0.2, 0.25) is 0 Å². The molecule has 0 aromatic rings. The van der Waals surface area contributed by atoms with Crippen LogP contribution in [0.5, 0.6) is 0 Å². The highest BCUT2D eigenvalue weighted by atomic mass is 31.1. The summed E-state index contributed by atoms with van der Waals surface area (Å²) < 4.78 is 19.1. The Morgan fingerprint density at radius 3 is 2.67 bits per heavy atom. The fourth-order valence-corrected chi connectivity index (χ4v) is 0.790. The summed E-state index contributed by atoms with van der Waals surface area (Å²) in [7, 11) is -2.55. The first-order valence-electron chi connectivity index (χ1n) is 2.99. The molecule has 0 aromatic heterocycles. The lowest BCUT2D eigenvalue weighted by atomic mass is 10.4. The van der Waals surface area contributed by atoms with Crippen molar-refractivity contribution in [2.75, 3.05) is 6.61 Å². The molecule has 0 rings (SSSR count). The van der Waals surface area contributed by atoms with E-state index in [4.69, 9.17) is 0 Å². The maximum atomic E-state index is 10.6. The van der Waals surface area contributed by atoms with E-state index >= 15 is 0 Å². The van der Waals surface area contributed by atoms with Crippen molar-refractivity contribution in [1.82, 2.24) is 0 Å². The maximum absolute atomic E-state index is 10.6. The van der Waals surface area contributed by atoms with Crippen LogP contribution in [0.15, 0.2) is 12.2 Å². The van der Waals surface area contributed by atoms with E-state index < -0.39 is 14.2 Å². The highest BCUT2D eigenvalue weighted by molar-refractivity contribution is 7.34. The predicted molar refractivity (Wildman–Crippen MR) is 40.5 cm³/mol. The Morgan fingerprint density at radius 2 is 2.25 bits per heavy atom. The van der Waals surface area contributed by atoms with Crippen molar-refractivity contribution in [2.45, 2.75) is 6.92 Å². The monoisotopic (exact) mass is 191 g/mol. The third kappa shape index (κ3) is 4.71. The van der Waals surface area contributed by atoms with Crippen LogP contribution in [0.1, 0.15) is 6.92 Å². The second kappa shape index (κ2) is 5.57. The molecule has 12 heavy (non-hydrogen) atoms. The molecule has 0 bridgehead atoms. The minimum atomic E-state index is -2.55. The van der Waals surface area contributed by atoms with Crippen LogP contribution in [-0.4, -0.2) is 18.9 Å². The molecule has 0 aliphatic rings. The van der Waals surface area contributed by atoms with E-state index in [2.05, 4.69) is 15.6 Å². The third-order valence-electron chi connectivity index (χ3n) is 0.754. The van der Waals surface area contributed by atoms with E-state index in [0.29, 0.717) is 6.29 Å². The van der Waals surface area contributed by atoms with Crippen LogP contribution >= 0.6 is 8.25 Å². The van der Waals surface area contributed by atoms with Crippen molar-refractivity contribution in [3.63, 3.8) is 0 Å². The number of aldehydes is 1. The van der Waals surface area contributed by atoms with Gasteiger partial charge in [-0.1, -0.05) is 6.58 Å². The number of rotatable bonds is 5. The van der Waals surface area contributed by atoms with Crippen LogP contribution in [0.25, 0.3) is 0 Å². The van der Waals surface area contributed by atoms with Gasteiger partial charge in [-0.3, -0.25) is 4.52 Å². The normalized spacial score (nSPS) is 10.2. The Bertz CT molecular complexity index is 222. The van der Waals surface area contributed by atoms with Gasteiger partial charge in [0.15, 0.2) is 0 Å². The Kier molecular flexibility index (Phi) is 5.08. The Labute approximate surface area is 70.3 Å². The summed E-state index contributed by atoms with van der Waals surface area (Å²) in [5.74, 6) is -0.804. The minimum Gasteiger partial charge on any atom is -0.359 e. The molecule has 5 nitrogen and oxygen atoms in total. The molecule has 0 aromatic carbocycles. The number of carbonyl (C=O) groups excluding carboxylic acids is 2. The predicted octanol–water partition coefficient (Wildman–Crippen LogP) is 0.979. The molecule has 1 radical (unpaired) electrons. The van der Waals surface area contributed by atoms with Gasteiger partial charge in [0, 0.05) is 5.57 Å². The summed E-state index contributed by atoms with van der Waals surface area (Å²) in [5, 5.41) is 0. The Hall–Kier alpha value is -1.06. The summed E-state index contributed by atoms with van der Waals surface area (Å²) in [5.41, 5.74) is 0.119. The average molecular weight is 191 g/mol. The van der Waals surface area contributed by atoms with E-state index in [0.717, 1.165) is 0 Å². The van der Waals surface area contributed by atoms with Crippen LogP contribution in [0.4, 0.5) is 0 Å². The molecule has 0 amide bonds. The second-order valence-corrected chi connectivity index (χ2v) is 2.73. The van der Waals surface area contributed by atoms with Crippen molar-refractivity contribution in [1.29, 1.82) is 0 Å². The van der Waals surface area contributed by atoms with Crippen LogP contribution in [0, 0.1) is 0 Å². The van der Waals surface area contributed by atoms with Gasteiger partial charge in [-0.05, 0) is 6.92 Å². The van der Waals surface area contributed by atoms with Crippen molar-refractivity contribution in [2.24, 2.45) is 0 Å². The lowest BCUT2D eigenvalue weighted by molar-refractivity contribution is -0.130. The molecule has 1 unspecified atom stereocenters. The lowest BCUT2D eigenvalue weighted by Gasteiger charge is -1.99. The van der Waals surface area contributed by atoms with Crippen molar-refractivity contribution < 1.29 is 23.2 Å². The van der Waals surface area contributed by atoms with Gasteiger partial charge in [0.25, 0.3) is 0 Å². The van der Waals surface area contributed by atoms with Gasteiger partial charge < -0.3 is 9.32 Å². The maximum Gasteiger partial charge on any atom is 0.432 e. The summed E-state index contributed by atoms with van der Waals surface area (Å²) in [6, 6.07) is 0. The first-order chi connectivity index (χ1) is 5.57. The van der Waals surface area contributed by atoms with E-state index in [-0.39, 0.29) is 12.2 Å². The zero-order valence-corrected chi connectivity index (χ0v) is 7.37. The Balaban J connectivity index is 3.76. The quantitative estimate of drug-likeness (QED) is 0.368. The average Bonchev–Trinajstić information content (AvgIpc) is 2.00. The highest BCUT2D eigenvalue weighted by Gasteiger charge is 2.10. The van der Waals surface area contributed by atoms with Crippen LogP contribution in [-0.2, 0) is 23.2 Å². The molecule has 0 saturated carbocycles. The van der Waals surface area contributed by atoms with Gasteiger partial charge >= 0.3 is 14.2 Å². The highest BCUT2D eigenvalue weighted by Crippen LogP contribution is 2.24. The van der Waals surface area contributed by atoms with Gasteiger partial charge in [0.2, 0.25) is 0 Å². The number of hydrogen-bond donors (Lipinski definition) is 0. The zero-order chi connectivity index (χ0) is 9.56. The molecule has 0 fully saturated rings. The SMILES string of the molecule is C=C(C)C(=O)O[P](=O)OCC=O. The fourth-order valence-electron chi connectivity index (χ4n) is 0.263. The van der Waals surface area contributed by atoms with E-state index in [1.54, 1.807) is 0 Å². The Morgan fingerprint density at radius 1 is 1.67 bits per heavy atom. The fraction of sp³-hybridized carbons (Fsp3) is 0.333. The van der Waals surface area contributed by atoms with E-state index in [1.807, 2.05) is 0 Å². The van der Waals surface area contributed by atoms with Gasteiger partial charge in [-0.25, -0.2) is 9.36 Å². The zero-order valence-electron chi connectivity index (χ0n) is 6.48. The van der Waals surface area contributed by atoms with E-state index in [1.165, 1.54) is 6.92 Å². The largest absolute Gasteiger partial charge is 0.432 e. The molecule has 0 heterocycles. The van der Waals surface area contributed by atoms with Crippen molar-refractivity contribution in [3.05, 3.63) is 12.2 Å². The van der Waals surface area contributed by atoms with Gasteiger partial charge in [0.05, 0.1) is 0 Å². The summed E-state index contributed by atoms with van der Waals surface area (Å²) in [4.78, 5) is 20.4. The molecular formula is C6H8O5P. The second-order valence-electron chi connectivity index (χ2n) is 1.85. The first-order valence-corrected chi connectivity index (χ1v) is 4.09. The number of hydrogen-bond acceptors (Lipinski definition) is 5. The lowest BCUT2D eigenvalue weighted by Crippen LogP contribution is -2.00. The van der Waals surface area contributed by atoms with E-state index in [9.17, 15) is 14.2 Å². The molecule has 67 valence electrons. The molecule has 1 atom stereocenters. The van der Waals surface area contributed by atoms with Gasteiger partial charge in [-0.2, -0.15) is 0 Å². The topological polar surface area (TPSA) is 69.7 Å². The third-order valence-corrected chi connectivity index (χ3v) is 1.43. The van der Waals surface area contributed by atoms with Crippen LogP contribution in [0.3, 0.4) is 0 Å². The molecule has 6 heteroatoms. The molecular weight excluding hydrogens is 183 g/mol. The van der Waals surface area contributed by atoms with Crippen LogP contribution < -0.4 is 0 Å². The molecule has 0 aliphatic carbocycles. The smallest absolute Gasteiger partial charge is 0.359 e. The van der Waals surface area contributed by atoms with Crippen molar-refractivity contribution in [3.8, 4) is 0 Å². The van der Waals surface area contributed by atoms with Gasteiger partial charge in [0.1, 0.15) is 12.9 Å². The van der Waals surface area contributed by atoms with Crippen molar-refractivity contribution >= 4 is 20.5 Å².